The van der Waals surface area contributed by atoms with Crippen LogP contribution in [0.1, 0.15) is 38.7 Å². The maximum Gasteiger partial charge on any atom is 0.179 e. The highest BCUT2D eigenvalue weighted by molar-refractivity contribution is 7.91. The van der Waals surface area contributed by atoms with E-state index in [0.29, 0.717) is 29.1 Å². The Morgan fingerprint density at radius 2 is 1.95 bits per heavy atom. The van der Waals surface area contributed by atoms with E-state index in [1.165, 1.54) is 12.1 Å². The summed E-state index contributed by atoms with van der Waals surface area (Å²) in [5, 5.41) is 8.76. The normalized spacial score (nSPS) is 23.1. The lowest BCUT2D eigenvalue weighted by Gasteiger charge is -2.27. The molecular formula is C16H22N2O2S. The topological polar surface area (TPSA) is 61.2 Å². The van der Waals surface area contributed by atoms with Crippen LogP contribution in [0.5, 0.6) is 0 Å². The second kappa shape index (κ2) is 6.59. The summed E-state index contributed by atoms with van der Waals surface area (Å²) in [7, 11) is -3.28. The van der Waals surface area contributed by atoms with Gasteiger partial charge in [0.2, 0.25) is 0 Å². The Hall–Kier alpha value is -1.38. The molecule has 5 heteroatoms. The van der Waals surface area contributed by atoms with Crippen molar-refractivity contribution in [1.82, 2.24) is 4.90 Å². The fourth-order valence-electron chi connectivity index (χ4n) is 3.05. The van der Waals surface area contributed by atoms with Crippen molar-refractivity contribution in [2.45, 2.75) is 50.1 Å². The van der Waals surface area contributed by atoms with Gasteiger partial charge in [0.05, 0.1) is 22.3 Å². The quantitative estimate of drug-likeness (QED) is 0.839. The Kier molecular flexibility index (Phi) is 5.02. The van der Waals surface area contributed by atoms with Crippen LogP contribution in [0.15, 0.2) is 29.2 Å². The van der Waals surface area contributed by atoms with Crippen molar-refractivity contribution in [3.05, 3.63) is 29.8 Å². The fraction of sp³-hybridized carbons (Fsp3) is 0.562. The van der Waals surface area contributed by atoms with Crippen LogP contribution in [0.4, 0.5) is 0 Å². The Balaban J connectivity index is 2.05. The first kappa shape index (κ1) is 16.0. The van der Waals surface area contributed by atoms with Gasteiger partial charge in [0.15, 0.2) is 9.84 Å². The van der Waals surface area contributed by atoms with Crippen molar-refractivity contribution in [3.63, 3.8) is 0 Å². The van der Waals surface area contributed by atoms with Crippen molar-refractivity contribution >= 4 is 9.84 Å². The first-order chi connectivity index (χ1) is 9.97. The Morgan fingerprint density at radius 1 is 1.29 bits per heavy atom. The van der Waals surface area contributed by atoms with E-state index in [4.69, 9.17) is 5.26 Å². The van der Waals surface area contributed by atoms with Crippen LogP contribution in [0.25, 0.3) is 0 Å². The maximum atomic E-state index is 12.4. The highest BCUT2D eigenvalue weighted by atomic mass is 32.2. The monoisotopic (exact) mass is 306 g/mol. The molecule has 21 heavy (non-hydrogen) atoms. The highest BCUT2D eigenvalue weighted by Gasteiger charge is 2.30. The molecule has 0 bridgehead atoms. The first-order valence-corrected chi connectivity index (χ1v) is 9.12. The number of hydrogen-bond acceptors (Lipinski definition) is 4. The molecule has 1 aromatic carbocycles. The minimum atomic E-state index is -3.28. The molecule has 0 amide bonds. The molecule has 0 radical (unpaired) electrons. The van der Waals surface area contributed by atoms with Crippen LogP contribution >= 0.6 is 0 Å². The largest absolute Gasteiger partial charge is 0.297 e. The lowest BCUT2D eigenvalue weighted by molar-refractivity contribution is 0.211. The van der Waals surface area contributed by atoms with E-state index >= 15 is 0 Å². The van der Waals surface area contributed by atoms with E-state index in [0.717, 1.165) is 19.3 Å². The zero-order valence-corrected chi connectivity index (χ0v) is 13.4. The molecule has 0 saturated carbocycles. The molecule has 1 saturated heterocycles. The molecule has 0 aromatic heterocycles. The van der Waals surface area contributed by atoms with Crippen LogP contribution in [0.3, 0.4) is 0 Å². The average molecular weight is 306 g/mol. The summed E-state index contributed by atoms with van der Waals surface area (Å²) in [6, 6.07) is 9.14. The van der Waals surface area contributed by atoms with Crippen molar-refractivity contribution in [3.8, 4) is 6.07 Å². The Morgan fingerprint density at radius 3 is 2.52 bits per heavy atom. The molecule has 0 unspecified atom stereocenters. The van der Waals surface area contributed by atoms with E-state index in [1.54, 1.807) is 12.1 Å². The molecule has 1 heterocycles. The van der Waals surface area contributed by atoms with Crippen LogP contribution in [-0.4, -0.2) is 37.7 Å². The summed E-state index contributed by atoms with van der Waals surface area (Å²) in [5.74, 6) is 0.139. The predicted octanol–water partition coefficient (Wildman–Crippen LogP) is 2.59. The SMILES string of the molecule is CC[C@@H]1CC[C@H](C)N1CCS(=O)(=O)c1ccc(C#N)cc1. The number of sulfone groups is 1. The van der Waals surface area contributed by atoms with Crippen LogP contribution in [0, 0.1) is 11.3 Å². The third-order valence-corrected chi connectivity index (χ3v) is 6.10. The standard InChI is InChI=1S/C16H22N2O2S/c1-3-15-7-4-13(2)18(15)10-11-21(19,20)16-8-5-14(12-17)6-9-16/h5-6,8-9,13,15H,3-4,7,10-11H2,1-2H3/t13-,15+/m0/s1. The number of nitriles is 1. The van der Waals surface area contributed by atoms with Crippen molar-refractivity contribution in [1.29, 1.82) is 5.26 Å². The average Bonchev–Trinajstić information content (AvgIpc) is 2.85. The third-order valence-electron chi connectivity index (χ3n) is 4.38. The summed E-state index contributed by atoms with van der Waals surface area (Å²) in [6.07, 6.45) is 3.38. The number of nitrogens with zero attached hydrogens (tertiary/aromatic N) is 2. The summed E-state index contributed by atoms with van der Waals surface area (Å²) in [4.78, 5) is 2.63. The van der Waals surface area contributed by atoms with Crippen molar-refractivity contribution < 1.29 is 8.42 Å². The Labute approximate surface area is 127 Å². The molecule has 2 atom stereocenters. The molecule has 1 aliphatic rings. The maximum absolute atomic E-state index is 12.4. The summed E-state index contributed by atoms with van der Waals surface area (Å²) in [5.41, 5.74) is 0.480. The summed E-state index contributed by atoms with van der Waals surface area (Å²) >= 11 is 0. The van der Waals surface area contributed by atoms with Gasteiger partial charge in [0, 0.05) is 18.6 Å². The van der Waals surface area contributed by atoms with Crippen molar-refractivity contribution in [2.75, 3.05) is 12.3 Å². The van der Waals surface area contributed by atoms with Gasteiger partial charge < -0.3 is 0 Å². The van der Waals surface area contributed by atoms with E-state index in [-0.39, 0.29) is 5.75 Å². The lowest BCUT2D eigenvalue weighted by atomic mass is 10.2. The van der Waals surface area contributed by atoms with Gasteiger partial charge in [-0.15, -0.1) is 0 Å². The molecule has 1 aromatic rings. The smallest absolute Gasteiger partial charge is 0.179 e. The second-order valence-electron chi connectivity index (χ2n) is 5.68. The van der Waals surface area contributed by atoms with Gasteiger partial charge >= 0.3 is 0 Å². The molecule has 0 N–H and O–H groups in total. The van der Waals surface area contributed by atoms with Gasteiger partial charge in [-0.3, -0.25) is 4.90 Å². The van der Waals surface area contributed by atoms with Crippen LogP contribution < -0.4 is 0 Å². The van der Waals surface area contributed by atoms with Gasteiger partial charge in [-0.25, -0.2) is 8.42 Å². The molecule has 4 nitrogen and oxygen atoms in total. The predicted molar refractivity (Wildman–Crippen MR) is 82.7 cm³/mol. The number of likely N-dealkylation sites (tertiary alicyclic amines) is 1. The van der Waals surface area contributed by atoms with Crippen LogP contribution in [0.2, 0.25) is 0 Å². The minimum Gasteiger partial charge on any atom is -0.297 e. The lowest BCUT2D eigenvalue weighted by Crippen LogP contribution is -2.37. The zero-order valence-electron chi connectivity index (χ0n) is 12.6. The molecule has 114 valence electrons. The van der Waals surface area contributed by atoms with Gasteiger partial charge in [0.1, 0.15) is 0 Å². The number of rotatable bonds is 5. The molecular weight excluding hydrogens is 284 g/mol. The number of hydrogen-bond donors (Lipinski definition) is 0. The van der Waals surface area contributed by atoms with Gasteiger partial charge in [-0.05, 0) is 50.5 Å². The van der Waals surface area contributed by atoms with Crippen molar-refractivity contribution in [2.24, 2.45) is 0 Å². The fourth-order valence-corrected chi connectivity index (χ4v) is 4.28. The number of benzene rings is 1. The molecule has 1 fully saturated rings. The third kappa shape index (κ3) is 3.63. The van der Waals surface area contributed by atoms with Gasteiger partial charge in [-0.2, -0.15) is 5.26 Å². The van der Waals surface area contributed by atoms with E-state index < -0.39 is 9.84 Å². The van der Waals surface area contributed by atoms with E-state index in [2.05, 4.69) is 18.7 Å². The van der Waals surface area contributed by atoms with Gasteiger partial charge in [0.25, 0.3) is 0 Å². The van der Waals surface area contributed by atoms with Gasteiger partial charge in [-0.1, -0.05) is 6.92 Å². The van der Waals surface area contributed by atoms with E-state index in [1.807, 2.05) is 6.07 Å². The minimum absolute atomic E-state index is 0.139. The van der Waals surface area contributed by atoms with Crippen LogP contribution in [-0.2, 0) is 9.84 Å². The summed E-state index contributed by atoms with van der Waals surface area (Å²) in [6.45, 7) is 4.91. The van der Waals surface area contributed by atoms with E-state index in [9.17, 15) is 8.42 Å². The molecule has 0 spiro atoms. The second-order valence-corrected chi connectivity index (χ2v) is 7.79. The zero-order chi connectivity index (χ0) is 15.5. The summed E-state index contributed by atoms with van der Waals surface area (Å²) < 4.78 is 24.8. The molecule has 1 aliphatic heterocycles. The highest BCUT2D eigenvalue weighted by Crippen LogP contribution is 2.26. The molecule has 2 rings (SSSR count). The Bertz CT molecular complexity index is 617. The molecule has 0 aliphatic carbocycles. The first-order valence-electron chi connectivity index (χ1n) is 7.46.